The van der Waals surface area contributed by atoms with Crippen LogP contribution in [-0.4, -0.2) is 49.1 Å². The zero-order valence-electron chi connectivity index (χ0n) is 12.4. The van der Waals surface area contributed by atoms with Crippen molar-refractivity contribution in [3.8, 4) is 0 Å². The van der Waals surface area contributed by atoms with Crippen molar-refractivity contribution in [1.82, 2.24) is 10.2 Å². The predicted octanol–water partition coefficient (Wildman–Crippen LogP) is 1.26. The van der Waals surface area contributed by atoms with Crippen molar-refractivity contribution in [2.45, 2.75) is 25.8 Å². The number of carbonyl (C=O) groups is 1. The molecule has 1 aromatic rings. The van der Waals surface area contributed by atoms with Gasteiger partial charge < -0.3 is 10.2 Å². The first-order valence-electron chi connectivity index (χ1n) is 7.42. The summed E-state index contributed by atoms with van der Waals surface area (Å²) in [6.45, 7) is 8.58. The van der Waals surface area contributed by atoms with Crippen LogP contribution in [0.5, 0.6) is 0 Å². The average Bonchev–Trinajstić information content (AvgIpc) is 2.85. The van der Waals surface area contributed by atoms with Gasteiger partial charge in [0.15, 0.2) is 0 Å². The van der Waals surface area contributed by atoms with E-state index in [1.165, 1.54) is 5.56 Å². The van der Waals surface area contributed by atoms with Crippen LogP contribution in [0, 0.1) is 0 Å². The number of hydrogen-bond acceptors (Lipinski definition) is 3. The van der Waals surface area contributed by atoms with E-state index in [1.54, 1.807) is 0 Å². The Bertz CT molecular complexity index is 512. The maximum atomic E-state index is 12.6. The Balaban J connectivity index is 1.71. The number of fused-ring (bicyclic) bond motifs is 1. The van der Waals surface area contributed by atoms with Crippen molar-refractivity contribution in [1.29, 1.82) is 0 Å². The molecule has 3 rings (SSSR count). The number of piperazine rings is 1. The van der Waals surface area contributed by atoms with E-state index in [2.05, 4.69) is 36.2 Å². The summed E-state index contributed by atoms with van der Waals surface area (Å²) in [5, 5.41) is 3.40. The summed E-state index contributed by atoms with van der Waals surface area (Å²) in [4.78, 5) is 16.9. The molecule has 1 aromatic carbocycles. The van der Waals surface area contributed by atoms with Crippen LogP contribution < -0.4 is 10.2 Å². The van der Waals surface area contributed by atoms with Crippen molar-refractivity contribution >= 4 is 11.6 Å². The molecule has 2 aliphatic heterocycles. The molecule has 2 heterocycles. The van der Waals surface area contributed by atoms with E-state index in [9.17, 15) is 4.79 Å². The van der Waals surface area contributed by atoms with Crippen LogP contribution in [0.15, 0.2) is 24.3 Å². The zero-order valence-corrected chi connectivity index (χ0v) is 12.4. The van der Waals surface area contributed by atoms with Gasteiger partial charge in [0.2, 0.25) is 5.91 Å². The average molecular weight is 273 g/mol. The number of rotatable bonds is 2. The number of hydrogen-bond donors (Lipinski definition) is 1. The molecule has 1 amide bonds. The third-order valence-corrected chi connectivity index (χ3v) is 4.49. The number of nitrogens with zero attached hydrogens (tertiary/aromatic N) is 2. The molecule has 1 N–H and O–H groups in total. The lowest BCUT2D eigenvalue weighted by Crippen LogP contribution is -2.60. The van der Waals surface area contributed by atoms with E-state index < -0.39 is 0 Å². The van der Waals surface area contributed by atoms with Gasteiger partial charge in [-0.15, -0.1) is 0 Å². The molecule has 0 bridgehead atoms. The first kappa shape index (κ1) is 13.6. The molecular weight excluding hydrogens is 250 g/mol. The molecule has 0 saturated carbocycles. The topological polar surface area (TPSA) is 35.6 Å². The van der Waals surface area contributed by atoms with Gasteiger partial charge in [0.25, 0.3) is 0 Å². The molecule has 0 spiro atoms. The van der Waals surface area contributed by atoms with Crippen molar-refractivity contribution in [2.24, 2.45) is 0 Å². The highest BCUT2D eigenvalue weighted by atomic mass is 16.2. The molecule has 2 aliphatic rings. The number of nitrogens with one attached hydrogen (secondary N) is 1. The summed E-state index contributed by atoms with van der Waals surface area (Å²) in [7, 11) is 0. The number of benzene rings is 1. The number of anilines is 1. The quantitative estimate of drug-likeness (QED) is 0.881. The van der Waals surface area contributed by atoms with E-state index in [-0.39, 0.29) is 11.4 Å². The molecule has 1 fully saturated rings. The fourth-order valence-corrected chi connectivity index (χ4v) is 3.16. The summed E-state index contributed by atoms with van der Waals surface area (Å²) < 4.78 is 0. The standard InChI is InChI=1S/C16H23N3O/c1-16(2)12-17-8-10-18(16)11-15(20)19-9-7-13-5-3-4-6-14(13)19/h3-6,17H,7-12H2,1-2H3. The van der Waals surface area contributed by atoms with Crippen molar-refractivity contribution < 1.29 is 4.79 Å². The molecule has 20 heavy (non-hydrogen) atoms. The molecular formula is C16H23N3O. The molecule has 0 unspecified atom stereocenters. The monoisotopic (exact) mass is 273 g/mol. The third-order valence-electron chi connectivity index (χ3n) is 4.49. The maximum absolute atomic E-state index is 12.6. The minimum atomic E-state index is 0.0488. The first-order chi connectivity index (χ1) is 9.58. The molecule has 0 aromatic heterocycles. The van der Waals surface area contributed by atoms with Gasteiger partial charge in [0.1, 0.15) is 0 Å². The second kappa shape index (κ2) is 5.19. The Morgan fingerprint density at radius 3 is 2.90 bits per heavy atom. The van der Waals surface area contributed by atoms with Gasteiger partial charge >= 0.3 is 0 Å². The molecule has 4 nitrogen and oxygen atoms in total. The normalized spacial score (nSPS) is 21.8. The Morgan fingerprint density at radius 2 is 2.10 bits per heavy atom. The van der Waals surface area contributed by atoms with Gasteiger partial charge in [-0.05, 0) is 31.9 Å². The lowest BCUT2D eigenvalue weighted by Gasteiger charge is -2.42. The predicted molar refractivity (Wildman–Crippen MR) is 81.0 cm³/mol. The minimum absolute atomic E-state index is 0.0488. The Hall–Kier alpha value is -1.39. The number of carbonyl (C=O) groups excluding carboxylic acids is 1. The summed E-state index contributed by atoms with van der Waals surface area (Å²) >= 11 is 0. The lowest BCUT2D eigenvalue weighted by molar-refractivity contribution is -0.121. The number of amides is 1. The van der Waals surface area contributed by atoms with Gasteiger partial charge in [0, 0.05) is 37.4 Å². The molecule has 0 atom stereocenters. The highest BCUT2D eigenvalue weighted by Gasteiger charge is 2.33. The molecule has 0 radical (unpaired) electrons. The van der Waals surface area contributed by atoms with Crippen LogP contribution in [-0.2, 0) is 11.2 Å². The van der Waals surface area contributed by atoms with Crippen molar-refractivity contribution in [2.75, 3.05) is 37.6 Å². The van der Waals surface area contributed by atoms with Gasteiger partial charge in [-0.3, -0.25) is 9.69 Å². The van der Waals surface area contributed by atoms with Crippen LogP contribution in [0.3, 0.4) is 0 Å². The van der Waals surface area contributed by atoms with Crippen molar-refractivity contribution in [3.05, 3.63) is 29.8 Å². The van der Waals surface area contributed by atoms with Crippen LogP contribution in [0.4, 0.5) is 5.69 Å². The third kappa shape index (κ3) is 2.45. The summed E-state index contributed by atoms with van der Waals surface area (Å²) in [6, 6.07) is 8.24. The smallest absolute Gasteiger partial charge is 0.241 e. The molecule has 108 valence electrons. The van der Waals surface area contributed by atoms with E-state index in [4.69, 9.17) is 0 Å². The van der Waals surface area contributed by atoms with Gasteiger partial charge in [-0.1, -0.05) is 18.2 Å². The first-order valence-corrected chi connectivity index (χ1v) is 7.42. The molecule has 0 aliphatic carbocycles. The van der Waals surface area contributed by atoms with Crippen LogP contribution in [0.2, 0.25) is 0 Å². The highest BCUT2D eigenvalue weighted by molar-refractivity contribution is 5.96. The van der Waals surface area contributed by atoms with Crippen LogP contribution in [0.25, 0.3) is 0 Å². The highest BCUT2D eigenvalue weighted by Crippen LogP contribution is 2.28. The molecule has 1 saturated heterocycles. The second-order valence-electron chi connectivity index (χ2n) is 6.33. The fourth-order valence-electron chi connectivity index (χ4n) is 3.16. The van der Waals surface area contributed by atoms with E-state index >= 15 is 0 Å². The van der Waals surface area contributed by atoms with Crippen molar-refractivity contribution in [3.63, 3.8) is 0 Å². The second-order valence-corrected chi connectivity index (χ2v) is 6.33. The van der Waals surface area contributed by atoms with Gasteiger partial charge in [-0.25, -0.2) is 0 Å². The lowest BCUT2D eigenvalue weighted by atomic mass is 10.0. The zero-order chi connectivity index (χ0) is 14.2. The number of para-hydroxylation sites is 1. The minimum Gasteiger partial charge on any atom is -0.314 e. The van der Waals surface area contributed by atoms with E-state index in [0.717, 1.165) is 38.3 Å². The Morgan fingerprint density at radius 1 is 1.30 bits per heavy atom. The summed E-state index contributed by atoms with van der Waals surface area (Å²) in [5.74, 6) is 0.227. The SMILES string of the molecule is CC1(C)CNCCN1CC(=O)N1CCc2ccccc21. The van der Waals surface area contributed by atoms with E-state index in [1.807, 2.05) is 17.0 Å². The largest absolute Gasteiger partial charge is 0.314 e. The summed E-state index contributed by atoms with van der Waals surface area (Å²) in [6.07, 6.45) is 0.979. The fraction of sp³-hybridized carbons (Fsp3) is 0.562. The Kier molecular flexibility index (Phi) is 3.52. The summed E-state index contributed by atoms with van der Waals surface area (Å²) in [5.41, 5.74) is 2.44. The Labute approximate surface area is 120 Å². The molecule has 4 heteroatoms. The van der Waals surface area contributed by atoms with Gasteiger partial charge in [-0.2, -0.15) is 0 Å². The van der Waals surface area contributed by atoms with Crippen LogP contribution >= 0.6 is 0 Å². The van der Waals surface area contributed by atoms with E-state index in [0.29, 0.717) is 6.54 Å². The van der Waals surface area contributed by atoms with Crippen LogP contribution in [0.1, 0.15) is 19.4 Å². The maximum Gasteiger partial charge on any atom is 0.241 e. The van der Waals surface area contributed by atoms with Gasteiger partial charge in [0.05, 0.1) is 6.54 Å².